The Morgan fingerprint density at radius 2 is 2.07 bits per heavy atom. The number of benzene rings is 1. The molecule has 0 saturated carbocycles. The van der Waals surface area contributed by atoms with Gasteiger partial charge in [-0.05, 0) is 6.07 Å². The van der Waals surface area contributed by atoms with Gasteiger partial charge in [0, 0.05) is 6.07 Å². The number of halogens is 1. The van der Waals surface area contributed by atoms with Gasteiger partial charge in [0.2, 0.25) is 5.75 Å². The second-order valence-corrected chi connectivity index (χ2v) is 2.39. The van der Waals surface area contributed by atoms with E-state index in [2.05, 4.69) is 0 Å². The van der Waals surface area contributed by atoms with Gasteiger partial charge >= 0.3 is 11.7 Å². The molecule has 0 aliphatic rings. The maximum Gasteiger partial charge on any atom is 0.336 e. The highest BCUT2D eigenvalue weighted by Gasteiger charge is 2.21. The molecular weight excluding hydrogens is 197 g/mol. The van der Waals surface area contributed by atoms with E-state index in [0.717, 1.165) is 0 Å². The Morgan fingerprint density at radius 3 is 2.50 bits per heavy atom. The van der Waals surface area contributed by atoms with Gasteiger partial charge in [-0.2, -0.15) is 0 Å². The number of phenols is 1. The van der Waals surface area contributed by atoms with Crippen LogP contribution in [0.15, 0.2) is 12.1 Å². The molecule has 0 amide bonds. The molecule has 0 heterocycles. The molecule has 0 bridgehead atoms. The smallest absolute Gasteiger partial charge is 0.336 e. The Labute approximate surface area is 76.4 Å². The molecule has 1 aromatic carbocycles. The Bertz CT molecular complexity index is 417. The van der Waals surface area contributed by atoms with E-state index in [1.165, 1.54) is 0 Å². The number of hydrogen-bond acceptors (Lipinski definition) is 4. The average Bonchev–Trinajstić information content (AvgIpc) is 2.08. The third-order valence-electron chi connectivity index (χ3n) is 1.49. The summed E-state index contributed by atoms with van der Waals surface area (Å²) in [5, 5.41) is 27.5. The van der Waals surface area contributed by atoms with Crippen molar-refractivity contribution in [2.75, 3.05) is 0 Å². The molecule has 0 unspecified atom stereocenters. The standard InChI is InChI=1S/C7H4FNO5/c8-4-1-3(7(11)12)2-5(6(4)10)9(13)14/h1-2,10H,(H,11,12). The zero-order chi connectivity index (χ0) is 10.9. The Morgan fingerprint density at radius 1 is 1.50 bits per heavy atom. The quantitative estimate of drug-likeness (QED) is 0.551. The summed E-state index contributed by atoms with van der Waals surface area (Å²) in [5.41, 5.74) is -1.56. The van der Waals surface area contributed by atoms with Gasteiger partial charge in [-0.15, -0.1) is 0 Å². The number of nitro benzene ring substituents is 1. The molecule has 2 N–H and O–H groups in total. The highest BCUT2D eigenvalue weighted by atomic mass is 19.1. The molecule has 0 saturated heterocycles. The van der Waals surface area contributed by atoms with Crippen LogP contribution in [-0.2, 0) is 0 Å². The monoisotopic (exact) mass is 201 g/mol. The van der Waals surface area contributed by atoms with Crippen molar-refractivity contribution in [3.63, 3.8) is 0 Å². The number of carbonyl (C=O) groups is 1. The molecule has 0 aliphatic carbocycles. The number of phenolic OH excluding ortho intramolecular Hbond substituents is 1. The molecule has 0 spiro atoms. The van der Waals surface area contributed by atoms with Crippen molar-refractivity contribution in [1.29, 1.82) is 0 Å². The zero-order valence-corrected chi connectivity index (χ0v) is 6.60. The lowest BCUT2D eigenvalue weighted by atomic mass is 10.2. The molecule has 1 rings (SSSR count). The van der Waals surface area contributed by atoms with Gasteiger partial charge in [0.25, 0.3) is 0 Å². The number of nitrogens with zero attached hydrogens (tertiary/aromatic N) is 1. The first kappa shape index (κ1) is 9.90. The number of aromatic hydroxyl groups is 1. The minimum atomic E-state index is -1.51. The normalized spacial score (nSPS) is 9.79. The molecule has 74 valence electrons. The van der Waals surface area contributed by atoms with Gasteiger partial charge in [-0.1, -0.05) is 0 Å². The predicted octanol–water partition coefficient (Wildman–Crippen LogP) is 1.14. The van der Waals surface area contributed by atoms with E-state index in [1.807, 2.05) is 0 Å². The van der Waals surface area contributed by atoms with E-state index in [4.69, 9.17) is 10.2 Å². The number of hydrogen-bond donors (Lipinski definition) is 2. The molecule has 1 aromatic rings. The van der Waals surface area contributed by atoms with Crippen LogP contribution in [0.3, 0.4) is 0 Å². The fourth-order valence-corrected chi connectivity index (χ4v) is 0.847. The molecule has 7 heteroatoms. The number of rotatable bonds is 2. The summed E-state index contributed by atoms with van der Waals surface area (Å²) in [7, 11) is 0. The summed E-state index contributed by atoms with van der Waals surface area (Å²) in [6.07, 6.45) is 0. The van der Waals surface area contributed by atoms with Crippen LogP contribution in [0.25, 0.3) is 0 Å². The van der Waals surface area contributed by atoms with Crippen molar-refractivity contribution in [1.82, 2.24) is 0 Å². The van der Waals surface area contributed by atoms with Crippen molar-refractivity contribution >= 4 is 11.7 Å². The molecule has 0 aromatic heterocycles. The predicted molar refractivity (Wildman–Crippen MR) is 41.7 cm³/mol. The van der Waals surface area contributed by atoms with Crippen LogP contribution < -0.4 is 0 Å². The second kappa shape index (κ2) is 3.29. The molecule has 0 fully saturated rings. The number of carboxylic acids is 1. The third kappa shape index (κ3) is 1.60. The van der Waals surface area contributed by atoms with Crippen molar-refractivity contribution in [2.45, 2.75) is 0 Å². The van der Waals surface area contributed by atoms with Crippen LogP contribution >= 0.6 is 0 Å². The first-order valence-corrected chi connectivity index (χ1v) is 3.33. The van der Waals surface area contributed by atoms with Crippen molar-refractivity contribution in [3.05, 3.63) is 33.6 Å². The van der Waals surface area contributed by atoms with Crippen LogP contribution in [0.2, 0.25) is 0 Å². The fraction of sp³-hybridized carbons (Fsp3) is 0. The molecular formula is C7H4FNO5. The van der Waals surface area contributed by atoms with E-state index >= 15 is 0 Å². The molecule has 6 nitrogen and oxygen atoms in total. The Kier molecular flexibility index (Phi) is 2.32. The average molecular weight is 201 g/mol. The fourth-order valence-electron chi connectivity index (χ4n) is 0.847. The van der Waals surface area contributed by atoms with Gasteiger partial charge < -0.3 is 10.2 Å². The van der Waals surface area contributed by atoms with Crippen LogP contribution in [0.1, 0.15) is 10.4 Å². The summed E-state index contributed by atoms with van der Waals surface area (Å²) in [4.78, 5) is 19.5. The van der Waals surface area contributed by atoms with E-state index < -0.39 is 33.7 Å². The lowest BCUT2D eigenvalue weighted by molar-refractivity contribution is -0.386. The largest absolute Gasteiger partial charge is 0.500 e. The van der Waals surface area contributed by atoms with Crippen molar-refractivity contribution in [2.24, 2.45) is 0 Å². The van der Waals surface area contributed by atoms with Crippen molar-refractivity contribution < 1.29 is 24.3 Å². The Hall–Kier alpha value is -2.18. The molecule has 0 radical (unpaired) electrons. The highest BCUT2D eigenvalue weighted by molar-refractivity contribution is 5.88. The lowest BCUT2D eigenvalue weighted by Crippen LogP contribution is -2.00. The van der Waals surface area contributed by atoms with Gasteiger partial charge in [0.1, 0.15) is 0 Å². The van der Waals surface area contributed by atoms with Crippen LogP contribution in [-0.4, -0.2) is 21.1 Å². The van der Waals surface area contributed by atoms with E-state index in [9.17, 15) is 19.3 Å². The number of carboxylic acid groups (broad SMARTS) is 1. The van der Waals surface area contributed by atoms with E-state index in [0.29, 0.717) is 12.1 Å². The van der Waals surface area contributed by atoms with Gasteiger partial charge in [-0.25, -0.2) is 9.18 Å². The summed E-state index contributed by atoms with van der Waals surface area (Å²) < 4.78 is 12.7. The SMILES string of the molecule is O=C(O)c1cc(F)c(O)c([N+](=O)[O-])c1. The van der Waals surface area contributed by atoms with E-state index in [-0.39, 0.29) is 0 Å². The van der Waals surface area contributed by atoms with Crippen LogP contribution in [0, 0.1) is 15.9 Å². The first-order valence-electron chi connectivity index (χ1n) is 3.33. The van der Waals surface area contributed by atoms with E-state index in [1.54, 1.807) is 0 Å². The maximum atomic E-state index is 12.7. The molecule has 14 heavy (non-hydrogen) atoms. The number of aromatic carboxylic acids is 1. The first-order chi connectivity index (χ1) is 6.43. The minimum absolute atomic E-state index is 0.505. The lowest BCUT2D eigenvalue weighted by Gasteiger charge is -1.99. The minimum Gasteiger partial charge on any atom is -0.500 e. The third-order valence-corrected chi connectivity index (χ3v) is 1.49. The highest BCUT2D eigenvalue weighted by Crippen LogP contribution is 2.29. The maximum absolute atomic E-state index is 12.7. The van der Waals surface area contributed by atoms with Gasteiger partial charge in [0.05, 0.1) is 10.5 Å². The summed E-state index contributed by atoms with van der Waals surface area (Å²) in [6, 6.07) is 1.09. The molecule has 0 aliphatic heterocycles. The van der Waals surface area contributed by atoms with Crippen molar-refractivity contribution in [3.8, 4) is 5.75 Å². The van der Waals surface area contributed by atoms with Gasteiger partial charge in [0.15, 0.2) is 5.82 Å². The Balaban J connectivity index is 3.43. The topological polar surface area (TPSA) is 101 Å². The summed E-state index contributed by atoms with van der Waals surface area (Å²) in [6.45, 7) is 0. The van der Waals surface area contributed by atoms with Crippen LogP contribution in [0.4, 0.5) is 10.1 Å². The molecule has 0 atom stereocenters. The second-order valence-electron chi connectivity index (χ2n) is 2.39. The van der Waals surface area contributed by atoms with Gasteiger partial charge in [-0.3, -0.25) is 10.1 Å². The summed E-state index contributed by atoms with van der Waals surface area (Å²) in [5.74, 6) is -4.01. The number of nitro groups is 1. The zero-order valence-electron chi connectivity index (χ0n) is 6.60. The van der Waals surface area contributed by atoms with Crippen LogP contribution in [0.5, 0.6) is 5.75 Å². The summed E-state index contributed by atoms with van der Waals surface area (Å²) >= 11 is 0.